The first kappa shape index (κ1) is 19.7. The van der Waals surface area contributed by atoms with Crippen molar-refractivity contribution in [3.8, 4) is 16.3 Å². The van der Waals surface area contributed by atoms with Crippen molar-refractivity contribution in [2.24, 2.45) is 0 Å². The molecule has 0 atom stereocenters. The van der Waals surface area contributed by atoms with Gasteiger partial charge in [-0.3, -0.25) is 4.79 Å². The Bertz CT molecular complexity index is 1420. The lowest BCUT2D eigenvalue weighted by atomic mass is 10.1. The molecule has 0 spiro atoms. The maximum Gasteiger partial charge on any atom is 0.335 e. The molecule has 0 radical (unpaired) electrons. The van der Waals surface area contributed by atoms with Crippen molar-refractivity contribution in [1.29, 1.82) is 0 Å². The first-order valence-electron chi connectivity index (χ1n) is 9.87. The van der Waals surface area contributed by atoms with E-state index in [1.54, 1.807) is 34.3 Å². The molecule has 0 fully saturated rings. The molecule has 0 aliphatic carbocycles. The highest BCUT2D eigenvalue weighted by atomic mass is 32.1. The number of benzene rings is 3. The van der Waals surface area contributed by atoms with Gasteiger partial charge in [0.2, 0.25) is 0 Å². The number of nitrogens with one attached hydrogen (secondary N) is 1. The summed E-state index contributed by atoms with van der Waals surface area (Å²) >= 11 is 1.57. The van der Waals surface area contributed by atoms with Crippen molar-refractivity contribution in [2.45, 2.75) is 0 Å². The van der Waals surface area contributed by atoms with Crippen LogP contribution in [0.15, 0.2) is 91.1 Å². The number of rotatable bonds is 5. The van der Waals surface area contributed by atoms with Gasteiger partial charge in [0.15, 0.2) is 0 Å². The summed E-state index contributed by atoms with van der Waals surface area (Å²) in [6.45, 7) is 0. The Hall–Kier alpha value is -4.23. The minimum Gasteiger partial charge on any atom is -0.478 e. The quantitative estimate of drug-likeness (QED) is 0.368. The number of hydrogen-bond acceptors (Lipinski definition) is 4. The lowest BCUT2D eigenvalue weighted by Gasteiger charge is -2.05. The Labute approximate surface area is 187 Å². The standard InChI is InChI=1S/C25H17N3O3S/c29-24(26-18-9-6-8-17(13-18)25(30)31)20-15-28(19-10-2-1-3-11-19)27-23(20)22-14-16-7-4-5-12-21(16)32-22/h1-15H,(H,26,29)(H,30,31). The second kappa shape index (κ2) is 8.13. The van der Waals surface area contributed by atoms with Gasteiger partial charge in [-0.25, -0.2) is 9.48 Å². The maximum atomic E-state index is 13.2. The van der Waals surface area contributed by atoms with Crippen LogP contribution >= 0.6 is 11.3 Å². The molecule has 7 heteroatoms. The van der Waals surface area contributed by atoms with E-state index < -0.39 is 5.97 Å². The van der Waals surface area contributed by atoms with E-state index in [1.165, 1.54) is 12.1 Å². The van der Waals surface area contributed by atoms with E-state index in [9.17, 15) is 14.7 Å². The molecule has 5 rings (SSSR count). The Morgan fingerprint density at radius 1 is 0.906 bits per heavy atom. The molecule has 0 bridgehead atoms. The van der Waals surface area contributed by atoms with Crippen molar-refractivity contribution in [2.75, 3.05) is 5.32 Å². The largest absolute Gasteiger partial charge is 0.478 e. The minimum absolute atomic E-state index is 0.104. The van der Waals surface area contributed by atoms with Gasteiger partial charge in [0, 0.05) is 16.6 Å². The highest BCUT2D eigenvalue weighted by Gasteiger charge is 2.21. The van der Waals surface area contributed by atoms with E-state index in [-0.39, 0.29) is 11.5 Å². The fraction of sp³-hybridized carbons (Fsp3) is 0. The lowest BCUT2D eigenvalue weighted by molar-refractivity contribution is 0.0696. The number of anilines is 1. The number of thiophene rings is 1. The predicted octanol–water partition coefficient (Wildman–Crippen LogP) is 5.70. The van der Waals surface area contributed by atoms with Crippen LogP contribution < -0.4 is 5.32 Å². The topological polar surface area (TPSA) is 84.2 Å². The molecule has 0 unspecified atom stereocenters. The first-order chi connectivity index (χ1) is 15.6. The van der Waals surface area contributed by atoms with Crippen LogP contribution in [-0.2, 0) is 0 Å². The van der Waals surface area contributed by atoms with Crippen molar-refractivity contribution >= 4 is 39.0 Å². The number of aromatic nitrogens is 2. The Morgan fingerprint density at radius 3 is 2.47 bits per heavy atom. The second-order valence-electron chi connectivity index (χ2n) is 7.16. The zero-order chi connectivity index (χ0) is 22.1. The molecule has 2 heterocycles. The normalized spacial score (nSPS) is 10.9. The van der Waals surface area contributed by atoms with Crippen molar-refractivity contribution < 1.29 is 14.7 Å². The van der Waals surface area contributed by atoms with Crippen LogP contribution in [0.4, 0.5) is 5.69 Å². The van der Waals surface area contributed by atoms with Gasteiger partial charge < -0.3 is 10.4 Å². The van der Waals surface area contributed by atoms with E-state index in [0.717, 1.165) is 20.7 Å². The fourth-order valence-corrected chi connectivity index (χ4v) is 4.52. The third-order valence-corrected chi connectivity index (χ3v) is 6.13. The summed E-state index contributed by atoms with van der Waals surface area (Å²) in [5.41, 5.74) is 2.32. The summed E-state index contributed by atoms with van der Waals surface area (Å²) in [6.07, 6.45) is 1.70. The Balaban J connectivity index is 1.58. The number of carboxylic acids is 1. The molecule has 32 heavy (non-hydrogen) atoms. The van der Waals surface area contributed by atoms with Crippen LogP contribution in [0.5, 0.6) is 0 Å². The van der Waals surface area contributed by atoms with Gasteiger partial charge in [-0.2, -0.15) is 5.10 Å². The van der Waals surface area contributed by atoms with Crippen LogP contribution in [0.2, 0.25) is 0 Å². The van der Waals surface area contributed by atoms with Gasteiger partial charge in [0.05, 0.1) is 21.7 Å². The summed E-state index contributed by atoms with van der Waals surface area (Å²) in [4.78, 5) is 25.4. The zero-order valence-corrected chi connectivity index (χ0v) is 17.5. The summed E-state index contributed by atoms with van der Waals surface area (Å²) < 4.78 is 2.79. The van der Waals surface area contributed by atoms with Crippen LogP contribution in [0.3, 0.4) is 0 Å². The number of hydrogen-bond donors (Lipinski definition) is 2. The van der Waals surface area contributed by atoms with Crippen LogP contribution in [-0.4, -0.2) is 26.8 Å². The number of fused-ring (bicyclic) bond motifs is 1. The molecule has 1 amide bonds. The molecular formula is C25H17N3O3S. The number of nitrogens with zero attached hydrogens (tertiary/aromatic N) is 2. The molecular weight excluding hydrogens is 422 g/mol. The van der Waals surface area contributed by atoms with E-state index in [2.05, 4.69) is 5.32 Å². The van der Waals surface area contributed by atoms with Crippen molar-refractivity contribution in [1.82, 2.24) is 9.78 Å². The van der Waals surface area contributed by atoms with E-state index >= 15 is 0 Å². The average molecular weight is 439 g/mol. The molecule has 0 aliphatic heterocycles. The van der Waals surface area contributed by atoms with Gasteiger partial charge in [0.25, 0.3) is 5.91 Å². The Kier molecular flexibility index (Phi) is 5.01. The number of aromatic carboxylic acids is 1. The summed E-state index contributed by atoms with van der Waals surface area (Å²) in [6, 6.07) is 25.8. The molecule has 0 saturated carbocycles. The number of para-hydroxylation sites is 1. The van der Waals surface area contributed by atoms with E-state index in [0.29, 0.717) is 16.9 Å². The number of carbonyl (C=O) groups is 2. The van der Waals surface area contributed by atoms with E-state index in [4.69, 9.17) is 5.10 Å². The number of carbonyl (C=O) groups excluding carboxylic acids is 1. The summed E-state index contributed by atoms with van der Waals surface area (Å²) in [5, 5.41) is 17.9. The van der Waals surface area contributed by atoms with Gasteiger partial charge in [0.1, 0.15) is 5.69 Å². The smallest absolute Gasteiger partial charge is 0.335 e. The average Bonchev–Trinajstić information content (AvgIpc) is 3.44. The van der Waals surface area contributed by atoms with Gasteiger partial charge in [-0.15, -0.1) is 11.3 Å². The highest BCUT2D eigenvalue weighted by Crippen LogP contribution is 2.35. The molecule has 6 nitrogen and oxygen atoms in total. The molecule has 3 aromatic carbocycles. The minimum atomic E-state index is -1.05. The van der Waals surface area contributed by atoms with Crippen LogP contribution in [0.25, 0.3) is 26.3 Å². The Morgan fingerprint density at radius 2 is 1.69 bits per heavy atom. The molecule has 0 saturated heterocycles. The van der Waals surface area contributed by atoms with E-state index in [1.807, 2.05) is 60.7 Å². The maximum absolute atomic E-state index is 13.2. The molecule has 156 valence electrons. The predicted molar refractivity (Wildman–Crippen MR) is 126 cm³/mol. The van der Waals surface area contributed by atoms with Crippen molar-refractivity contribution in [3.63, 3.8) is 0 Å². The lowest BCUT2D eigenvalue weighted by Crippen LogP contribution is -2.12. The van der Waals surface area contributed by atoms with Crippen LogP contribution in [0, 0.1) is 0 Å². The van der Waals surface area contributed by atoms with Crippen molar-refractivity contribution in [3.05, 3.63) is 102 Å². The van der Waals surface area contributed by atoms with Gasteiger partial charge >= 0.3 is 5.97 Å². The molecule has 0 aliphatic rings. The monoisotopic (exact) mass is 439 g/mol. The van der Waals surface area contributed by atoms with Gasteiger partial charge in [-0.1, -0.05) is 42.5 Å². The molecule has 5 aromatic rings. The number of amides is 1. The third kappa shape index (κ3) is 3.77. The second-order valence-corrected chi connectivity index (χ2v) is 8.24. The zero-order valence-electron chi connectivity index (χ0n) is 16.7. The first-order valence-corrected chi connectivity index (χ1v) is 10.7. The van der Waals surface area contributed by atoms with Crippen LogP contribution in [0.1, 0.15) is 20.7 Å². The highest BCUT2D eigenvalue weighted by molar-refractivity contribution is 7.22. The summed E-state index contributed by atoms with van der Waals surface area (Å²) in [5.74, 6) is -1.41. The van der Waals surface area contributed by atoms with Gasteiger partial charge in [-0.05, 0) is 47.9 Å². The molecule has 2 N–H and O–H groups in total. The fourth-order valence-electron chi connectivity index (χ4n) is 3.46. The number of carboxylic acid groups (broad SMARTS) is 1. The third-order valence-electron chi connectivity index (χ3n) is 5.01. The SMILES string of the molecule is O=C(O)c1cccc(NC(=O)c2cn(-c3ccccc3)nc2-c2cc3ccccc3s2)c1. The summed E-state index contributed by atoms with van der Waals surface area (Å²) in [7, 11) is 0. The molecule has 2 aromatic heterocycles.